The first-order chi connectivity index (χ1) is 11.5. The maximum Gasteiger partial charge on any atom is 0.216 e. The van der Waals surface area contributed by atoms with Gasteiger partial charge in [0.25, 0.3) is 0 Å². The molecular weight excluding hydrogens is 574 g/mol. The third kappa shape index (κ3) is 3.81. The average Bonchev–Trinajstić information content (AvgIpc) is 2.90. The van der Waals surface area contributed by atoms with Crippen molar-refractivity contribution in [2.75, 3.05) is 0 Å². The minimum absolute atomic E-state index is 0.180. The Morgan fingerprint density at radius 1 is 1.29 bits per heavy atom. The van der Waals surface area contributed by atoms with Crippen molar-refractivity contribution in [3.8, 4) is 17.1 Å². The van der Waals surface area contributed by atoms with Crippen molar-refractivity contribution in [2.45, 2.75) is 0 Å². The molecule has 2 aromatic carbocycles. The highest BCUT2D eigenvalue weighted by atomic mass is 127. The second kappa shape index (κ2) is 7.50. The number of aromatic amines is 1. The Balaban J connectivity index is 2.06. The summed E-state index contributed by atoms with van der Waals surface area (Å²) >= 11 is 15.5. The van der Waals surface area contributed by atoms with E-state index in [9.17, 15) is 5.11 Å². The quantitative estimate of drug-likeness (QED) is 0.258. The summed E-state index contributed by atoms with van der Waals surface area (Å²) in [5.41, 5.74) is 1.39. The Morgan fingerprint density at radius 3 is 2.83 bits per heavy atom. The zero-order chi connectivity index (χ0) is 17.3. The molecule has 0 amide bonds. The Bertz CT molecular complexity index is 999. The van der Waals surface area contributed by atoms with Gasteiger partial charge < -0.3 is 5.11 Å². The summed E-state index contributed by atoms with van der Waals surface area (Å²) in [5.74, 6) is 0.720. The topological polar surface area (TPSA) is 66.2 Å². The van der Waals surface area contributed by atoms with E-state index < -0.39 is 0 Å². The van der Waals surface area contributed by atoms with Crippen LogP contribution < -0.4 is 0 Å². The van der Waals surface area contributed by atoms with Crippen LogP contribution in [0.4, 0.5) is 0 Å². The molecule has 0 aliphatic rings. The highest BCUT2D eigenvalue weighted by Crippen LogP contribution is 2.26. The summed E-state index contributed by atoms with van der Waals surface area (Å²) in [6, 6.07) is 11.0. The van der Waals surface area contributed by atoms with Crippen LogP contribution in [0.2, 0.25) is 5.02 Å². The van der Waals surface area contributed by atoms with Gasteiger partial charge in [-0.3, -0.25) is 0 Å². The number of benzene rings is 2. The van der Waals surface area contributed by atoms with Gasteiger partial charge in [-0.25, -0.2) is 5.10 Å². The number of phenols is 1. The second-order valence-electron chi connectivity index (χ2n) is 4.74. The first-order valence-electron chi connectivity index (χ1n) is 6.61. The molecule has 0 spiro atoms. The van der Waals surface area contributed by atoms with Crippen molar-refractivity contribution in [3.05, 3.63) is 58.9 Å². The van der Waals surface area contributed by atoms with Crippen LogP contribution in [-0.4, -0.2) is 26.2 Å². The standard InChI is InChI=1S/C15H9ClI2N4OS/c16-10-3-1-2-8(4-10)14-20-21-15(24)22(14)19-7-9-5-11(17)6-12(18)13(9)23/h1-7,23H,(H,21,24)/b19-7-. The van der Waals surface area contributed by atoms with Crippen molar-refractivity contribution in [1.29, 1.82) is 0 Å². The molecule has 2 N–H and O–H groups in total. The molecule has 5 nitrogen and oxygen atoms in total. The number of hydrogen-bond acceptors (Lipinski definition) is 4. The third-order valence-corrected chi connectivity index (χ3v) is 5.05. The third-order valence-electron chi connectivity index (χ3n) is 3.10. The molecular formula is C15H9ClI2N4OS. The Hall–Kier alpha value is -0.980. The van der Waals surface area contributed by atoms with Crippen LogP contribution in [0.15, 0.2) is 41.5 Å². The fourth-order valence-electron chi connectivity index (χ4n) is 2.02. The van der Waals surface area contributed by atoms with E-state index in [2.05, 4.69) is 60.5 Å². The summed E-state index contributed by atoms with van der Waals surface area (Å²) in [5, 5.41) is 22.1. The number of halogens is 3. The van der Waals surface area contributed by atoms with Gasteiger partial charge in [0.05, 0.1) is 9.78 Å². The van der Waals surface area contributed by atoms with Gasteiger partial charge in [-0.15, -0.1) is 0 Å². The van der Waals surface area contributed by atoms with Crippen LogP contribution in [0.3, 0.4) is 0 Å². The molecule has 0 aliphatic heterocycles. The smallest absolute Gasteiger partial charge is 0.216 e. The van der Waals surface area contributed by atoms with Crippen molar-refractivity contribution in [2.24, 2.45) is 5.10 Å². The fourth-order valence-corrected chi connectivity index (χ4v) is 4.28. The van der Waals surface area contributed by atoms with Crippen LogP contribution in [0, 0.1) is 11.9 Å². The van der Waals surface area contributed by atoms with Crippen LogP contribution >= 0.6 is 69.0 Å². The van der Waals surface area contributed by atoms with Gasteiger partial charge in [0.15, 0.2) is 5.82 Å². The number of nitrogens with zero attached hydrogens (tertiary/aromatic N) is 3. The SMILES string of the molecule is Oc1c(I)cc(I)cc1/C=N\n1c(-c2cccc(Cl)c2)n[nH]c1=S. The largest absolute Gasteiger partial charge is 0.506 e. The minimum Gasteiger partial charge on any atom is -0.506 e. The van der Waals surface area contributed by atoms with Gasteiger partial charge in [0.1, 0.15) is 5.75 Å². The van der Waals surface area contributed by atoms with E-state index in [1.807, 2.05) is 24.3 Å². The van der Waals surface area contributed by atoms with Gasteiger partial charge in [0.2, 0.25) is 4.77 Å². The molecule has 0 saturated carbocycles. The summed E-state index contributed by atoms with van der Waals surface area (Å²) in [6.45, 7) is 0. The lowest BCUT2D eigenvalue weighted by Crippen LogP contribution is -1.96. The van der Waals surface area contributed by atoms with E-state index in [0.29, 0.717) is 21.2 Å². The molecule has 24 heavy (non-hydrogen) atoms. The van der Waals surface area contributed by atoms with Gasteiger partial charge in [-0.1, -0.05) is 23.7 Å². The van der Waals surface area contributed by atoms with Gasteiger partial charge >= 0.3 is 0 Å². The number of rotatable bonds is 3. The first kappa shape index (κ1) is 17.8. The zero-order valence-corrected chi connectivity index (χ0v) is 17.8. The number of hydrogen-bond donors (Lipinski definition) is 2. The van der Waals surface area contributed by atoms with Crippen LogP contribution in [0.25, 0.3) is 11.4 Å². The highest BCUT2D eigenvalue weighted by Gasteiger charge is 2.10. The normalized spacial score (nSPS) is 11.3. The Morgan fingerprint density at radius 2 is 2.08 bits per heavy atom. The number of phenolic OH excluding ortho intramolecular Hbond substituents is 1. The van der Waals surface area contributed by atoms with E-state index in [0.717, 1.165) is 12.7 Å². The molecule has 0 bridgehead atoms. The Kier molecular flexibility index (Phi) is 5.57. The molecule has 0 saturated heterocycles. The van der Waals surface area contributed by atoms with Crippen molar-refractivity contribution in [3.63, 3.8) is 0 Å². The number of aromatic nitrogens is 3. The summed E-state index contributed by atoms with van der Waals surface area (Å²) < 4.78 is 3.60. The lowest BCUT2D eigenvalue weighted by Gasteiger charge is -2.04. The highest BCUT2D eigenvalue weighted by molar-refractivity contribution is 14.1. The van der Waals surface area contributed by atoms with Gasteiger partial charge in [-0.2, -0.15) is 14.9 Å². The predicted octanol–water partition coefficient (Wildman–Crippen LogP) is 5.06. The summed E-state index contributed by atoms with van der Waals surface area (Å²) in [6.07, 6.45) is 1.55. The number of aromatic hydroxyl groups is 1. The lowest BCUT2D eigenvalue weighted by molar-refractivity contribution is 0.470. The molecule has 0 fully saturated rings. The summed E-state index contributed by atoms with van der Waals surface area (Å²) in [4.78, 5) is 0. The fraction of sp³-hybridized carbons (Fsp3) is 0. The second-order valence-corrected chi connectivity index (χ2v) is 7.98. The molecule has 9 heteroatoms. The van der Waals surface area contributed by atoms with E-state index in [1.165, 1.54) is 4.68 Å². The average molecular weight is 583 g/mol. The van der Waals surface area contributed by atoms with Crippen molar-refractivity contribution < 1.29 is 5.11 Å². The minimum atomic E-state index is 0.180. The molecule has 3 rings (SSSR count). The Labute approximate surface area is 175 Å². The summed E-state index contributed by atoms with van der Waals surface area (Å²) in [7, 11) is 0. The van der Waals surface area contributed by atoms with Crippen molar-refractivity contribution >= 4 is 75.2 Å². The lowest BCUT2D eigenvalue weighted by atomic mass is 10.2. The maximum atomic E-state index is 10.2. The molecule has 3 aromatic rings. The molecule has 0 unspecified atom stereocenters. The molecule has 0 atom stereocenters. The van der Waals surface area contributed by atoms with E-state index >= 15 is 0 Å². The monoisotopic (exact) mass is 582 g/mol. The van der Waals surface area contributed by atoms with E-state index in [-0.39, 0.29) is 5.75 Å². The molecule has 0 radical (unpaired) electrons. The van der Waals surface area contributed by atoms with E-state index in [4.69, 9.17) is 23.8 Å². The van der Waals surface area contributed by atoms with Crippen LogP contribution in [0.5, 0.6) is 5.75 Å². The molecule has 1 heterocycles. The number of H-pyrrole nitrogens is 1. The first-order valence-corrected chi connectivity index (χ1v) is 9.56. The van der Waals surface area contributed by atoms with Crippen LogP contribution in [0.1, 0.15) is 5.56 Å². The van der Waals surface area contributed by atoms with E-state index in [1.54, 1.807) is 18.3 Å². The zero-order valence-electron chi connectivity index (χ0n) is 11.9. The molecule has 122 valence electrons. The van der Waals surface area contributed by atoms with Crippen LogP contribution in [-0.2, 0) is 0 Å². The van der Waals surface area contributed by atoms with Crippen molar-refractivity contribution in [1.82, 2.24) is 14.9 Å². The van der Waals surface area contributed by atoms with Gasteiger partial charge in [0, 0.05) is 19.7 Å². The number of nitrogens with one attached hydrogen (secondary N) is 1. The predicted molar refractivity (Wildman–Crippen MR) is 114 cm³/mol. The molecule has 0 aliphatic carbocycles. The molecule has 1 aromatic heterocycles. The van der Waals surface area contributed by atoms with Gasteiger partial charge in [-0.05, 0) is 81.7 Å². The maximum absolute atomic E-state index is 10.2.